The molecule has 0 fully saturated rings. The van der Waals surface area contributed by atoms with E-state index in [1.54, 1.807) is 6.07 Å². The van der Waals surface area contributed by atoms with Gasteiger partial charge in [0.2, 0.25) is 10.0 Å². The monoisotopic (exact) mass is 442 g/mol. The Bertz CT molecular complexity index is 949. The molecule has 28 heavy (non-hydrogen) atoms. The predicted molar refractivity (Wildman–Crippen MR) is 110 cm³/mol. The summed E-state index contributed by atoms with van der Waals surface area (Å²) in [6.07, 6.45) is -1.00. The maximum absolute atomic E-state index is 12.1. The lowest BCUT2D eigenvalue weighted by atomic mass is 10.2. The van der Waals surface area contributed by atoms with Crippen LogP contribution in [0, 0.1) is 0 Å². The minimum absolute atomic E-state index is 0.0679. The highest BCUT2D eigenvalue weighted by Gasteiger charge is 2.18. The zero-order valence-electron chi connectivity index (χ0n) is 14.9. The molecule has 0 saturated heterocycles. The van der Waals surface area contributed by atoms with Crippen LogP contribution in [0.2, 0.25) is 5.02 Å². The molecule has 0 unspecified atom stereocenters. The van der Waals surface area contributed by atoms with Crippen LogP contribution in [0.3, 0.4) is 0 Å². The molecular weight excluding hydrogens is 424 g/mol. The number of carbonyl (C=O) groups is 2. The van der Waals surface area contributed by atoms with Crippen LogP contribution in [-0.2, 0) is 30.1 Å². The number of carbonyl (C=O) groups excluding carboxylic acids is 2. The highest BCUT2D eigenvalue weighted by Crippen LogP contribution is 2.17. The Morgan fingerprint density at radius 1 is 1.21 bits per heavy atom. The van der Waals surface area contributed by atoms with Crippen molar-refractivity contribution in [1.29, 1.82) is 0 Å². The van der Waals surface area contributed by atoms with Crippen molar-refractivity contribution in [3.05, 3.63) is 59.1 Å². The Morgan fingerprint density at radius 3 is 2.50 bits per heavy atom. The molecule has 0 aliphatic heterocycles. The number of hydrogen-bond donors (Lipinski definition) is 2. The molecule has 1 atom stereocenters. The van der Waals surface area contributed by atoms with Gasteiger partial charge < -0.3 is 10.1 Å². The van der Waals surface area contributed by atoms with Crippen LogP contribution >= 0.6 is 23.4 Å². The molecule has 0 bridgehead atoms. The van der Waals surface area contributed by atoms with Crippen molar-refractivity contribution in [2.45, 2.75) is 23.7 Å². The first-order valence-electron chi connectivity index (χ1n) is 8.10. The van der Waals surface area contributed by atoms with Gasteiger partial charge in [0.25, 0.3) is 5.91 Å². The Kier molecular flexibility index (Phi) is 7.88. The first kappa shape index (κ1) is 22.2. The molecular formula is C18H19ClN2O5S2. The second-order valence-corrected chi connectivity index (χ2v) is 8.80. The standard InChI is InChI=1S/C18H19ClN2O5S2/c1-12(18(23)21-15-5-7-16(8-6-15)28(20,24)25)26-17(22)11-27-10-13-3-2-4-14(19)9-13/h2-9,12H,10-11H2,1H3,(H,21,23)(H2,20,24,25)/t12-/m0/s1. The van der Waals surface area contributed by atoms with E-state index in [0.29, 0.717) is 16.5 Å². The molecule has 0 heterocycles. The van der Waals surface area contributed by atoms with Crippen LogP contribution in [-0.4, -0.2) is 32.2 Å². The lowest BCUT2D eigenvalue weighted by molar-refractivity contribution is -0.150. The fourth-order valence-corrected chi connectivity index (χ4v) is 3.62. The van der Waals surface area contributed by atoms with Crippen molar-refractivity contribution >= 4 is 50.9 Å². The van der Waals surface area contributed by atoms with E-state index in [1.807, 2.05) is 18.2 Å². The Labute approximate surface area is 172 Å². The number of thioether (sulfide) groups is 1. The predicted octanol–water partition coefficient (Wildman–Crippen LogP) is 2.79. The third-order valence-electron chi connectivity index (χ3n) is 3.51. The molecule has 0 saturated carbocycles. The number of hydrogen-bond acceptors (Lipinski definition) is 6. The number of nitrogens with one attached hydrogen (secondary N) is 1. The molecule has 1 amide bonds. The first-order chi connectivity index (χ1) is 13.1. The number of halogens is 1. The van der Waals surface area contributed by atoms with Gasteiger partial charge in [-0.1, -0.05) is 23.7 Å². The molecule has 0 aliphatic carbocycles. The third-order valence-corrected chi connectivity index (χ3v) is 5.65. The van der Waals surface area contributed by atoms with Crippen molar-refractivity contribution in [2.24, 2.45) is 5.14 Å². The molecule has 7 nitrogen and oxygen atoms in total. The van der Waals surface area contributed by atoms with Gasteiger partial charge in [0.1, 0.15) is 0 Å². The van der Waals surface area contributed by atoms with Gasteiger partial charge >= 0.3 is 5.97 Å². The summed E-state index contributed by atoms with van der Waals surface area (Å²) in [5.41, 5.74) is 1.34. The topological polar surface area (TPSA) is 116 Å². The normalized spacial score (nSPS) is 12.2. The highest BCUT2D eigenvalue weighted by atomic mass is 35.5. The number of sulfonamides is 1. The van der Waals surface area contributed by atoms with E-state index < -0.39 is 28.0 Å². The van der Waals surface area contributed by atoms with Gasteiger partial charge in [0, 0.05) is 16.5 Å². The van der Waals surface area contributed by atoms with E-state index in [0.717, 1.165) is 5.56 Å². The van der Waals surface area contributed by atoms with Crippen LogP contribution in [0.5, 0.6) is 0 Å². The van der Waals surface area contributed by atoms with Crippen molar-refractivity contribution in [2.75, 3.05) is 11.1 Å². The molecule has 3 N–H and O–H groups in total. The Balaban J connectivity index is 1.78. The van der Waals surface area contributed by atoms with Gasteiger partial charge in [-0.05, 0) is 48.9 Å². The lowest BCUT2D eigenvalue weighted by Gasteiger charge is -2.13. The van der Waals surface area contributed by atoms with Gasteiger partial charge in [-0.3, -0.25) is 9.59 Å². The average molecular weight is 443 g/mol. The third kappa shape index (κ3) is 7.16. The maximum atomic E-state index is 12.1. The summed E-state index contributed by atoms with van der Waals surface area (Å²) in [4.78, 5) is 23.9. The van der Waals surface area contributed by atoms with Crippen molar-refractivity contribution in [3.63, 3.8) is 0 Å². The number of esters is 1. The fourth-order valence-electron chi connectivity index (χ4n) is 2.14. The number of ether oxygens (including phenoxy) is 1. The summed E-state index contributed by atoms with van der Waals surface area (Å²) >= 11 is 7.26. The quantitative estimate of drug-likeness (QED) is 0.607. The van der Waals surface area contributed by atoms with Crippen LogP contribution in [0.15, 0.2) is 53.4 Å². The van der Waals surface area contributed by atoms with Gasteiger partial charge in [-0.15, -0.1) is 11.8 Å². The van der Waals surface area contributed by atoms with E-state index in [-0.39, 0.29) is 10.6 Å². The van der Waals surface area contributed by atoms with Crippen LogP contribution < -0.4 is 10.5 Å². The fraction of sp³-hybridized carbons (Fsp3) is 0.222. The second-order valence-electron chi connectivity index (χ2n) is 5.81. The molecule has 2 aromatic rings. The van der Waals surface area contributed by atoms with E-state index in [1.165, 1.54) is 43.0 Å². The Hall–Kier alpha value is -2.07. The number of benzene rings is 2. The first-order valence-corrected chi connectivity index (χ1v) is 11.2. The minimum atomic E-state index is -3.80. The Morgan fingerprint density at radius 2 is 1.89 bits per heavy atom. The van der Waals surface area contributed by atoms with Crippen molar-refractivity contribution in [3.8, 4) is 0 Å². The van der Waals surface area contributed by atoms with Gasteiger partial charge in [0.05, 0.1) is 10.6 Å². The summed E-state index contributed by atoms with van der Waals surface area (Å²) in [5.74, 6) is -0.365. The summed E-state index contributed by atoms with van der Waals surface area (Å²) in [6.45, 7) is 1.45. The summed E-state index contributed by atoms with van der Waals surface area (Å²) in [6, 6.07) is 12.7. The van der Waals surface area contributed by atoms with Gasteiger partial charge in [-0.25, -0.2) is 13.6 Å². The second kappa shape index (κ2) is 9.92. The van der Waals surface area contributed by atoms with E-state index >= 15 is 0 Å². The molecule has 0 aromatic heterocycles. The number of primary sulfonamides is 1. The number of nitrogens with two attached hydrogens (primary N) is 1. The summed E-state index contributed by atoms with van der Waals surface area (Å²) < 4.78 is 27.5. The van der Waals surface area contributed by atoms with Crippen LogP contribution in [0.4, 0.5) is 5.69 Å². The van der Waals surface area contributed by atoms with E-state index in [9.17, 15) is 18.0 Å². The molecule has 10 heteroatoms. The molecule has 0 spiro atoms. The van der Waals surface area contributed by atoms with Gasteiger partial charge in [-0.2, -0.15) is 0 Å². The lowest BCUT2D eigenvalue weighted by Crippen LogP contribution is -2.30. The number of amides is 1. The van der Waals surface area contributed by atoms with Crippen molar-refractivity contribution < 1.29 is 22.7 Å². The maximum Gasteiger partial charge on any atom is 0.316 e. The molecule has 2 rings (SSSR count). The van der Waals surface area contributed by atoms with E-state index in [2.05, 4.69) is 5.32 Å². The smallest absolute Gasteiger partial charge is 0.316 e. The zero-order chi connectivity index (χ0) is 20.7. The number of rotatable bonds is 8. The summed E-state index contributed by atoms with van der Waals surface area (Å²) in [5, 5.41) is 8.18. The van der Waals surface area contributed by atoms with Crippen molar-refractivity contribution in [1.82, 2.24) is 0 Å². The largest absolute Gasteiger partial charge is 0.452 e. The molecule has 0 radical (unpaired) electrons. The van der Waals surface area contributed by atoms with Gasteiger partial charge in [0.15, 0.2) is 6.10 Å². The minimum Gasteiger partial charge on any atom is -0.452 e. The average Bonchev–Trinajstić information content (AvgIpc) is 2.61. The molecule has 2 aromatic carbocycles. The highest BCUT2D eigenvalue weighted by molar-refractivity contribution is 7.99. The van der Waals surface area contributed by atoms with Crippen LogP contribution in [0.1, 0.15) is 12.5 Å². The SMILES string of the molecule is C[C@H](OC(=O)CSCc1cccc(Cl)c1)C(=O)Nc1ccc(S(N)(=O)=O)cc1. The summed E-state index contributed by atoms with van der Waals surface area (Å²) in [7, 11) is -3.80. The zero-order valence-corrected chi connectivity index (χ0v) is 17.3. The van der Waals surface area contributed by atoms with E-state index in [4.69, 9.17) is 21.5 Å². The number of anilines is 1. The molecule has 150 valence electrons. The molecule has 0 aliphatic rings. The van der Waals surface area contributed by atoms with Crippen LogP contribution in [0.25, 0.3) is 0 Å².